The third-order valence-corrected chi connectivity index (χ3v) is 3.74. The van der Waals surface area contributed by atoms with Crippen molar-refractivity contribution in [2.24, 2.45) is 7.05 Å². The summed E-state index contributed by atoms with van der Waals surface area (Å²) in [5.41, 5.74) is 7.96. The van der Waals surface area contributed by atoms with Gasteiger partial charge in [-0.25, -0.2) is 0 Å². The average molecular weight is 247 g/mol. The van der Waals surface area contributed by atoms with Crippen molar-refractivity contribution < 1.29 is 0 Å². The third-order valence-electron chi connectivity index (χ3n) is 2.55. The molecule has 0 unspecified atom stereocenters. The Balaban J connectivity index is 2.27. The van der Waals surface area contributed by atoms with E-state index >= 15 is 0 Å². The Kier molecular flexibility index (Phi) is 3.74. The molecule has 17 heavy (non-hydrogen) atoms. The average Bonchev–Trinajstić information content (AvgIpc) is 2.59. The minimum absolute atomic E-state index is 0.822. The summed E-state index contributed by atoms with van der Waals surface area (Å²) in [6.45, 7) is 2.14. The molecule has 90 valence electrons. The van der Waals surface area contributed by atoms with Crippen LogP contribution in [-0.2, 0) is 13.5 Å². The number of anilines is 1. The summed E-state index contributed by atoms with van der Waals surface area (Å²) in [4.78, 5) is 1.19. The first kappa shape index (κ1) is 12.0. The number of rotatable bonds is 4. The quantitative estimate of drug-likeness (QED) is 0.902. The molecule has 1 heterocycles. The number of nitrogens with zero attached hydrogens (tertiary/aromatic N) is 2. The van der Waals surface area contributed by atoms with E-state index in [-0.39, 0.29) is 0 Å². The smallest absolute Gasteiger partial charge is 0.122 e. The largest absolute Gasteiger partial charge is 0.395 e. The molecule has 4 heteroatoms. The predicted molar refractivity (Wildman–Crippen MR) is 72.2 cm³/mol. The fourth-order valence-electron chi connectivity index (χ4n) is 1.72. The maximum absolute atomic E-state index is 6.13. The summed E-state index contributed by atoms with van der Waals surface area (Å²) >= 11 is 1.66. The zero-order valence-electron chi connectivity index (χ0n) is 10.2. The molecule has 0 amide bonds. The van der Waals surface area contributed by atoms with Gasteiger partial charge in [0, 0.05) is 11.9 Å². The van der Waals surface area contributed by atoms with Crippen LogP contribution in [0.25, 0.3) is 0 Å². The van der Waals surface area contributed by atoms with E-state index in [1.807, 2.05) is 29.9 Å². The molecule has 0 spiro atoms. The van der Waals surface area contributed by atoms with Crippen LogP contribution >= 0.6 is 11.8 Å². The molecule has 0 fully saturated rings. The monoisotopic (exact) mass is 247 g/mol. The van der Waals surface area contributed by atoms with Crippen molar-refractivity contribution in [3.8, 4) is 0 Å². The SMILES string of the molecule is CCCc1nn(C)c(Sc2ccccc2)c1N. The lowest BCUT2D eigenvalue weighted by atomic mass is 10.2. The number of hydrogen-bond acceptors (Lipinski definition) is 3. The van der Waals surface area contributed by atoms with Gasteiger partial charge in [0.05, 0.1) is 11.4 Å². The number of aromatic nitrogens is 2. The van der Waals surface area contributed by atoms with Crippen LogP contribution in [-0.4, -0.2) is 9.78 Å². The van der Waals surface area contributed by atoms with Crippen molar-refractivity contribution in [1.82, 2.24) is 9.78 Å². The Morgan fingerprint density at radius 2 is 2.00 bits per heavy atom. The molecule has 2 N–H and O–H groups in total. The van der Waals surface area contributed by atoms with Crippen LogP contribution in [0.15, 0.2) is 40.3 Å². The van der Waals surface area contributed by atoms with E-state index in [0.717, 1.165) is 29.2 Å². The topological polar surface area (TPSA) is 43.8 Å². The molecule has 0 atom stereocenters. The van der Waals surface area contributed by atoms with Crippen LogP contribution in [0.5, 0.6) is 0 Å². The van der Waals surface area contributed by atoms with Gasteiger partial charge in [-0.2, -0.15) is 5.10 Å². The Hall–Kier alpha value is -1.42. The van der Waals surface area contributed by atoms with Crippen molar-refractivity contribution in [2.75, 3.05) is 5.73 Å². The molecule has 0 aliphatic rings. The summed E-state index contributed by atoms with van der Waals surface area (Å²) in [5, 5.41) is 5.49. The standard InChI is InChI=1S/C13H17N3S/c1-3-7-11-12(14)13(16(2)15-11)17-10-8-5-4-6-9-10/h4-6,8-9H,3,7,14H2,1-2H3. The lowest BCUT2D eigenvalue weighted by Crippen LogP contribution is -1.93. The highest BCUT2D eigenvalue weighted by molar-refractivity contribution is 7.99. The first-order valence-electron chi connectivity index (χ1n) is 5.76. The second kappa shape index (κ2) is 5.27. The fourth-order valence-corrected chi connectivity index (χ4v) is 2.64. The van der Waals surface area contributed by atoms with E-state index < -0.39 is 0 Å². The van der Waals surface area contributed by atoms with Crippen LogP contribution in [0.1, 0.15) is 19.0 Å². The van der Waals surface area contributed by atoms with Gasteiger partial charge in [-0.05, 0) is 18.6 Å². The van der Waals surface area contributed by atoms with Gasteiger partial charge in [-0.3, -0.25) is 4.68 Å². The Morgan fingerprint density at radius 1 is 1.29 bits per heavy atom. The van der Waals surface area contributed by atoms with Crippen LogP contribution in [0, 0.1) is 0 Å². The second-order valence-electron chi connectivity index (χ2n) is 3.95. The van der Waals surface area contributed by atoms with E-state index in [9.17, 15) is 0 Å². The van der Waals surface area contributed by atoms with E-state index in [0.29, 0.717) is 0 Å². The molecule has 2 aromatic rings. The van der Waals surface area contributed by atoms with E-state index in [1.54, 1.807) is 11.8 Å². The number of aryl methyl sites for hydroxylation is 2. The van der Waals surface area contributed by atoms with Gasteiger partial charge < -0.3 is 5.73 Å². The molecule has 0 aliphatic heterocycles. The van der Waals surface area contributed by atoms with E-state index in [4.69, 9.17) is 5.73 Å². The molecular weight excluding hydrogens is 230 g/mol. The van der Waals surface area contributed by atoms with Crippen LogP contribution in [0.2, 0.25) is 0 Å². The normalized spacial score (nSPS) is 10.7. The Labute approximate surface area is 106 Å². The summed E-state index contributed by atoms with van der Waals surface area (Å²) in [5.74, 6) is 0. The van der Waals surface area contributed by atoms with Gasteiger partial charge in [-0.15, -0.1) is 0 Å². The van der Waals surface area contributed by atoms with Crippen molar-refractivity contribution in [3.63, 3.8) is 0 Å². The molecule has 3 nitrogen and oxygen atoms in total. The first-order chi connectivity index (χ1) is 8.22. The van der Waals surface area contributed by atoms with Crippen LogP contribution in [0.3, 0.4) is 0 Å². The highest BCUT2D eigenvalue weighted by atomic mass is 32.2. The number of nitrogen functional groups attached to an aromatic ring is 1. The lowest BCUT2D eigenvalue weighted by Gasteiger charge is -2.02. The maximum atomic E-state index is 6.13. The van der Waals surface area contributed by atoms with E-state index in [1.165, 1.54) is 4.90 Å². The van der Waals surface area contributed by atoms with Gasteiger partial charge in [0.25, 0.3) is 0 Å². The van der Waals surface area contributed by atoms with Gasteiger partial charge >= 0.3 is 0 Å². The van der Waals surface area contributed by atoms with Gasteiger partial charge in [0.15, 0.2) is 0 Å². The molecule has 0 saturated heterocycles. The van der Waals surface area contributed by atoms with Crippen LogP contribution in [0.4, 0.5) is 5.69 Å². The Bertz CT molecular complexity index is 491. The molecule has 1 aromatic carbocycles. The molecule has 0 radical (unpaired) electrons. The number of benzene rings is 1. The zero-order chi connectivity index (χ0) is 12.3. The van der Waals surface area contributed by atoms with Crippen molar-refractivity contribution >= 4 is 17.4 Å². The lowest BCUT2D eigenvalue weighted by molar-refractivity contribution is 0.682. The number of nitrogens with two attached hydrogens (primary N) is 1. The highest BCUT2D eigenvalue weighted by Gasteiger charge is 2.13. The molecular formula is C13H17N3S. The molecule has 0 bridgehead atoms. The maximum Gasteiger partial charge on any atom is 0.122 e. The summed E-state index contributed by atoms with van der Waals surface area (Å²) in [6.07, 6.45) is 2.01. The number of hydrogen-bond donors (Lipinski definition) is 1. The van der Waals surface area contributed by atoms with Crippen molar-refractivity contribution in [1.29, 1.82) is 0 Å². The van der Waals surface area contributed by atoms with Gasteiger partial charge in [-0.1, -0.05) is 43.3 Å². The van der Waals surface area contributed by atoms with Crippen LogP contribution < -0.4 is 5.73 Å². The second-order valence-corrected chi connectivity index (χ2v) is 5.02. The fraction of sp³-hybridized carbons (Fsp3) is 0.308. The van der Waals surface area contributed by atoms with Crippen molar-refractivity contribution in [3.05, 3.63) is 36.0 Å². The molecule has 2 rings (SSSR count). The minimum atomic E-state index is 0.822. The van der Waals surface area contributed by atoms with Crippen molar-refractivity contribution in [2.45, 2.75) is 29.7 Å². The summed E-state index contributed by atoms with van der Waals surface area (Å²) in [6, 6.07) is 10.2. The first-order valence-corrected chi connectivity index (χ1v) is 6.58. The molecule has 0 saturated carbocycles. The Morgan fingerprint density at radius 3 is 2.65 bits per heavy atom. The van der Waals surface area contributed by atoms with E-state index in [2.05, 4.69) is 24.2 Å². The summed E-state index contributed by atoms with van der Waals surface area (Å²) < 4.78 is 1.87. The minimum Gasteiger partial charge on any atom is -0.395 e. The van der Waals surface area contributed by atoms with Gasteiger partial charge in [0.2, 0.25) is 0 Å². The highest BCUT2D eigenvalue weighted by Crippen LogP contribution is 2.33. The molecule has 1 aromatic heterocycles. The molecule has 0 aliphatic carbocycles. The van der Waals surface area contributed by atoms with Gasteiger partial charge in [0.1, 0.15) is 5.03 Å². The third kappa shape index (κ3) is 2.64. The zero-order valence-corrected chi connectivity index (χ0v) is 11.0. The predicted octanol–water partition coefficient (Wildman–Crippen LogP) is 3.11. The summed E-state index contributed by atoms with van der Waals surface area (Å²) in [7, 11) is 1.95.